The van der Waals surface area contributed by atoms with Gasteiger partial charge in [0.2, 0.25) is 0 Å². The van der Waals surface area contributed by atoms with Crippen LogP contribution < -0.4 is 10.5 Å². The summed E-state index contributed by atoms with van der Waals surface area (Å²) in [7, 11) is 0. The number of aryl methyl sites for hydroxylation is 1. The van der Waals surface area contributed by atoms with Crippen molar-refractivity contribution >= 4 is 11.3 Å². The average molecular weight is 387 g/mol. The Morgan fingerprint density at radius 3 is 2.97 bits per heavy atom. The van der Waals surface area contributed by atoms with E-state index < -0.39 is 0 Å². The maximum Gasteiger partial charge on any atom is 0.266 e. The van der Waals surface area contributed by atoms with Crippen molar-refractivity contribution in [1.82, 2.24) is 29.4 Å². The fourth-order valence-electron chi connectivity index (χ4n) is 4.00. The molecule has 0 radical (unpaired) electrons. The summed E-state index contributed by atoms with van der Waals surface area (Å²) in [6.07, 6.45) is 9.16. The van der Waals surface area contributed by atoms with Gasteiger partial charge in [0.25, 0.3) is 5.56 Å². The number of rotatable bonds is 4. The molecule has 8 heteroatoms. The van der Waals surface area contributed by atoms with Crippen molar-refractivity contribution < 1.29 is 0 Å². The van der Waals surface area contributed by atoms with E-state index in [0.29, 0.717) is 6.54 Å². The molecule has 146 valence electrons. The van der Waals surface area contributed by atoms with Gasteiger partial charge in [-0.1, -0.05) is 0 Å². The first kappa shape index (κ1) is 17.5. The molecule has 8 nitrogen and oxygen atoms in total. The molecule has 0 amide bonds. The lowest BCUT2D eigenvalue weighted by atomic mass is 10.2. The number of hydrogen-bond acceptors (Lipinski definition) is 6. The third-order valence-electron chi connectivity index (χ3n) is 5.35. The molecule has 1 saturated heterocycles. The molecular weight excluding hydrogens is 366 g/mol. The van der Waals surface area contributed by atoms with E-state index in [0.717, 1.165) is 47.7 Å². The van der Waals surface area contributed by atoms with Gasteiger partial charge in [0.05, 0.1) is 24.0 Å². The molecule has 0 N–H and O–H groups in total. The van der Waals surface area contributed by atoms with E-state index in [1.54, 1.807) is 35.4 Å². The second kappa shape index (κ2) is 7.12. The van der Waals surface area contributed by atoms with Crippen molar-refractivity contribution in [3.63, 3.8) is 0 Å². The SMILES string of the molecule is Cc1cc2c(N3CCCC3Cn3nc(-c4cccnc4)ccc3=O)nccn2n1. The molecule has 1 atom stereocenters. The van der Waals surface area contributed by atoms with Gasteiger partial charge in [-0.15, -0.1) is 0 Å². The highest BCUT2D eigenvalue weighted by molar-refractivity contribution is 5.69. The smallest absolute Gasteiger partial charge is 0.266 e. The Labute approximate surface area is 167 Å². The van der Waals surface area contributed by atoms with Gasteiger partial charge in [0.1, 0.15) is 5.52 Å². The fraction of sp³-hybridized carbons (Fsp3) is 0.286. The molecular formula is C21H21N7O. The minimum absolute atomic E-state index is 0.101. The zero-order valence-corrected chi connectivity index (χ0v) is 16.1. The van der Waals surface area contributed by atoms with Crippen LogP contribution in [0.2, 0.25) is 0 Å². The Morgan fingerprint density at radius 2 is 2.10 bits per heavy atom. The van der Waals surface area contributed by atoms with E-state index in [2.05, 4.69) is 25.1 Å². The number of hydrogen-bond donors (Lipinski definition) is 0. The summed E-state index contributed by atoms with van der Waals surface area (Å²) >= 11 is 0. The number of pyridine rings is 1. The molecule has 4 aromatic rings. The van der Waals surface area contributed by atoms with Crippen molar-refractivity contribution in [2.24, 2.45) is 0 Å². The molecule has 0 aliphatic carbocycles. The van der Waals surface area contributed by atoms with Gasteiger partial charge in [0, 0.05) is 43.0 Å². The molecule has 0 aromatic carbocycles. The molecule has 0 saturated carbocycles. The van der Waals surface area contributed by atoms with Gasteiger partial charge in [-0.3, -0.25) is 9.78 Å². The monoisotopic (exact) mass is 387 g/mol. The van der Waals surface area contributed by atoms with Crippen LogP contribution in [-0.4, -0.2) is 41.9 Å². The first-order chi connectivity index (χ1) is 14.2. The van der Waals surface area contributed by atoms with Crippen LogP contribution >= 0.6 is 0 Å². The predicted octanol–water partition coefficient (Wildman–Crippen LogP) is 2.33. The molecule has 29 heavy (non-hydrogen) atoms. The molecule has 0 spiro atoms. The summed E-state index contributed by atoms with van der Waals surface area (Å²) in [5.41, 5.74) is 3.48. The van der Waals surface area contributed by atoms with Crippen LogP contribution in [0.4, 0.5) is 5.82 Å². The molecule has 1 aliphatic heterocycles. The Bertz CT molecular complexity index is 1210. The highest BCUT2D eigenvalue weighted by atomic mass is 16.1. The molecule has 5 rings (SSSR count). The van der Waals surface area contributed by atoms with Crippen LogP contribution in [0.15, 0.2) is 59.9 Å². The van der Waals surface area contributed by atoms with Gasteiger partial charge < -0.3 is 4.90 Å². The standard InChI is InChI=1S/C21H21N7O/c1-15-12-19-21(23-9-11-27(19)24-15)26-10-3-5-17(26)14-28-20(29)7-6-18(25-28)16-4-2-8-22-13-16/h2,4,6-9,11-13,17H,3,5,10,14H2,1H3. The second-order valence-corrected chi connectivity index (χ2v) is 7.34. The number of anilines is 1. The molecule has 1 unspecified atom stereocenters. The lowest BCUT2D eigenvalue weighted by Gasteiger charge is -2.26. The van der Waals surface area contributed by atoms with Crippen molar-refractivity contribution in [2.75, 3.05) is 11.4 Å². The highest BCUT2D eigenvalue weighted by Crippen LogP contribution is 2.28. The Balaban J connectivity index is 1.48. The first-order valence-electron chi connectivity index (χ1n) is 9.75. The topological polar surface area (TPSA) is 81.2 Å². The fourth-order valence-corrected chi connectivity index (χ4v) is 4.00. The quantitative estimate of drug-likeness (QED) is 0.535. The van der Waals surface area contributed by atoms with Crippen LogP contribution in [0.25, 0.3) is 16.8 Å². The minimum Gasteiger partial charge on any atom is -0.350 e. The van der Waals surface area contributed by atoms with E-state index in [1.807, 2.05) is 35.8 Å². The normalized spacial score (nSPS) is 16.6. The summed E-state index contributed by atoms with van der Waals surface area (Å²) in [4.78, 5) is 23.5. The van der Waals surface area contributed by atoms with Crippen LogP contribution in [-0.2, 0) is 6.54 Å². The molecule has 1 fully saturated rings. The first-order valence-corrected chi connectivity index (χ1v) is 9.75. The third-order valence-corrected chi connectivity index (χ3v) is 5.35. The van der Waals surface area contributed by atoms with E-state index in [9.17, 15) is 4.79 Å². The van der Waals surface area contributed by atoms with Gasteiger partial charge in [-0.2, -0.15) is 10.2 Å². The number of aromatic nitrogens is 6. The Hall–Kier alpha value is -3.55. The maximum atomic E-state index is 12.5. The van der Waals surface area contributed by atoms with Crippen LogP contribution in [0.5, 0.6) is 0 Å². The highest BCUT2D eigenvalue weighted by Gasteiger charge is 2.28. The number of fused-ring (bicyclic) bond motifs is 1. The van der Waals surface area contributed by atoms with Gasteiger partial charge in [-0.05, 0) is 44.0 Å². The predicted molar refractivity (Wildman–Crippen MR) is 110 cm³/mol. The molecule has 5 heterocycles. The average Bonchev–Trinajstić information content (AvgIpc) is 3.35. The lowest BCUT2D eigenvalue weighted by molar-refractivity contribution is 0.489. The summed E-state index contributed by atoms with van der Waals surface area (Å²) in [5, 5.41) is 9.09. The molecule has 4 aromatic heterocycles. The van der Waals surface area contributed by atoms with E-state index in [-0.39, 0.29) is 11.6 Å². The Morgan fingerprint density at radius 1 is 1.17 bits per heavy atom. The van der Waals surface area contributed by atoms with Gasteiger partial charge in [-0.25, -0.2) is 14.2 Å². The minimum atomic E-state index is -0.101. The second-order valence-electron chi connectivity index (χ2n) is 7.34. The van der Waals surface area contributed by atoms with E-state index >= 15 is 0 Å². The van der Waals surface area contributed by atoms with Crippen molar-refractivity contribution in [3.8, 4) is 11.3 Å². The van der Waals surface area contributed by atoms with Crippen LogP contribution in [0.3, 0.4) is 0 Å². The zero-order chi connectivity index (χ0) is 19.8. The van der Waals surface area contributed by atoms with Gasteiger partial charge >= 0.3 is 0 Å². The third kappa shape index (κ3) is 3.26. The summed E-state index contributed by atoms with van der Waals surface area (Å²) in [5.74, 6) is 0.909. The van der Waals surface area contributed by atoms with E-state index in [4.69, 9.17) is 0 Å². The molecule has 0 bridgehead atoms. The Kier molecular flexibility index (Phi) is 4.31. The van der Waals surface area contributed by atoms with Crippen LogP contribution in [0.1, 0.15) is 18.5 Å². The summed E-state index contributed by atoms with van der Waals surface area (Å²) in [6.45, 7) is 3.40. The zero-order valence-electron chi connectivity index (χ0n) is 16.1. The van der Waals surface area contributed by atoms with E-state index in [1.165, 1.54) is 0 Å². The van der Waals surface area contributed by atoms with Crippen molar-refractivity contribution in [3.05, 3.63) is 71.2 Å². The van der Waals surface area contributed by atoms with Gasteiger partial charge in [0.15, 0.2) is 5.82 Å². The van der Waals surface area contributed by atoms with Crippen molar-refractivity contribution in [2.45, 2.75) is 32.4 Å². The largest absolute Gasteiger partial charge is 0.350 e. The summed E-state index contributed by atoms with van der Waals surface area (Å²) < 4.78 is 3.42. The maximum absolute atomic E-state index is 12.5. The number of nitrogens with zero attached hydrogens (tertiary/aromatic N) is 7. The van der Waals surface area contributed by atoms with Crippen molar-refractivity contribution in [1.29, 1.82) is 0 Å². The molecule has 1 aliphatic rings. The van der Waals surface area contributed by atoms with Crippen LogP contribution in [0, 0.1) is 6.92 Å². The lowest BCUT2D eigenvalue weighted by Crippen LogP contribution is -2.37. The summed E-state index contributed by atoms with van der Waals surface area (Å²) in [6, 6.07) is 9.33.